The van der Waals surface area contributed by atoms with E-state index in [1.54, 1.807) is 0 Å². The number of benzene rings is 1. The van der Waals surface area contributed by atoms with Crippen LogP contribution in [0.5, 0.6) is 0 Å². The van der Waals surface area contributed by atoms with Crippen molar-refractivity contribution in [3.63, 3.8) is 0 Å². The Kier molecular flexibility index (Phi) is 3.59. The molecular formula is C14H19N3. The lowest BCUT2D eigenvalue weighted by atomic mass is 10.1. The van der Waals surface area contributed by atoms with Gasteiger partial charge in [-0.2, -0.15) is 0 Å². The topological polar surface area (TPSA) is 42.1 Å². The first-order valence-electron chi connectivity index (χ1n) is 5.99. The first kappa shape index (κ1) is 11.9. The van der Waals surface area contributed by atoms with E-state index in [2.05, 4.69) is 29.1 Å². The Morgan fingerprint density at radius 2 is 2.06 bits per heavy atom. The highest BCUT2D eigenvalue weighted by atomic mass is 15.2. The number of hydrogen-bond donors (Lipinski definition) is 1. The maximum atomic E-state index is 5.78. The molecule has 0 spiro atoms. The fourth-order valence-electron chi connectivity index (χ4n) is 1.91. The number of pyridine rings is 1. The Bertz CT molecular complexity index is 488. The van der Waals surface area contributed by atoms with E-state index in [1.807, 2.05) is 31.3 Å². The lowest BCUT2D eigenvalue weighted by Crippen LogP contribution is -2.26. The van der Waals surface area contributed by atoms with Gasteiger partial charge in [-0.1, -0.05) is 24.3 Å². The normalized spacial score (nSPS) is 12.6. The summed E-state index contributed by atoms with van der Waals surface area (Å²) in [6, 6.07) is 10.6. The van der Waals surface area contributed by atoms with Gasteiger partial charge in [0.2, 0.25) is 0 Å². The summed E-state index contributed by atoms with van der Waals surface area (Å²) in [5.41, 5.74) is 5.78. The predicted molar refractivity (Wildman–Crippen MR) is 73.3 cm³/mol. The quantitative estimate of drug-likeness (QED) is 0.875. The van der Waals surface area contributed by atoms with Crippen molar-refractivity contribution >= 4 is 16.6 Å². The van der Waals surface area contributed by atoms with Crippen molar-refractivity contribution in [2.24, 2.45) is 5.73 Å². The first-order chi connectivity index (χ1) is 8.18. The second-order valence-corrected chi connectivity index (χ2v) is 4.54. The van der Waals surface area contributed by atoms with Crippen molar-refractivity contribution in [1.29, 1.82) is 0 Å². The molecule has 0 aliphatic rings. The third-order valence-electron chi connectivity index (χ3n) is 2.93. The molecular weight excluding hydrogens is 210 g/mol. The van der Waals surface area contributed by atoms with Gasteiger partial charge in [-0.25, -0.2) is 4.98 Å². The molecule has 1 unspecified atom stereocenters. The van der Waals surface area contributed by atoms with Crippen LogP contribution in [0.2, 0.25) is 0 Å². The molecule has 1 aromatic carbocycles. The van der Waals surface area contributed by atoms with E-state index in [0.29, 0.717) is 0 Å². The van der Waals surface area contributed by atoms with E-state index >= 15 is 0 Å². The smallest absolute Gasteiger partial charge is 0.136 e. The molecule has 0 saturated carbocycles. The maximum absolute atomic E-state index is 5.78. The van der Waals surface area contributed by atoms with Gasteiger partial charge in [0.25, 0.3) is 0 Å². The van der Waals surface area contributed by atoms with Crippen molar-refractivity contribution in [3.8, 4) is 0 Å². The molecule has 0 amide bonds. The number of hydrogen-bond acceptors (Lipinski definition) is 3. The summed E-state index contributed by atoms with van der Waals surface area (Å²) in [5, 5.41) is 2.42. The molecule has 1 atom stereocenters. The fourth-order valence-corrected chi connectivity index (χ4v) is 1.91. The summed E-state index contributed by atoms with van der Waals surface area (Å²) in [4.78, 5) is 6.64. The van der Waals surface area contributed by atoms with Gasteiger partial charge in [0.1, 0.15) is 5.82 Å². The average Bonchev–Trinajstić information content (AvgIpc) is 2.35. The van der Waals surface area contributed by atoms with Gasteiger partial charge in [-0.15, -0.1) is 0 Å². The summed E-state index contributed by atoms with van der Waals surface area (Å²) in [5.74, 6) is 1.03. The molecule has 1 heterocycles. The van der Waals surface area contributed by atoms with Crippen LogP contribution in [0.4, 0.5) is 5.82 Å². The number of rotatable bonds is 4. The van der Waals surface area contributed by atoms with Crippen LogP contribution in [0.3, 0.4) is 0 Å². The second-order valence-electron chi connectivity index (χ2n) is 4.54. The van der Waals surface area contributed by atoms with E-state index in [0.717, 1.165) is 18.8 Å². The van der Waals surface area contributed by atoms with Crippen LogP contribution in [-0.2, 0) is 0 Å². The highest BCUT2D eigenvalue weighted by Gasteiger charge is 2.07. The molecule has 0 aliphatic carbocycles. The van der Waals surface area contributed by atoms with Gasteiger partial charge in [0, 0.05) is 31.2 Å². The molecule has 0 saturated heterocycles. The van der Waals surface area contributed by atoms with Crippen LogP contribution >= 0.6 is 0 Å². The minimum atomic E-state index is 0.229. The minimum absolute atomic E-state index is 0.229. The average molecular weight is 229 g/mol. The molecule has 2 rings (SSSR count). The number of fused-ring (bicyclic) bond motifs is 1. The van der Waals surface area contributed by atoms with Crippen LogP contribution < -0.4 is 10.6 Å². The Hall–Kier alpha value is -1.61. The summed E-state index contributed by atoms with van der Waals surface area (Å²) in [7, 11) is 2.07. The highest BCUT2D eigenvalue weighted by molar-refractivity contribution is 5.91. The van der Waals surface area contributed by atoms with Gasteiger partial charge in [-0.3, -0.25) is 0 Å². The predicted octanol–water partition coefficient (Wildman–Crippen LogP) is 2.41. The molecule has 17 heavy (non-hydrogen) atoms. The zero-order chi connectivity index (χ0) is 12.3. The molecule has 90 valence electrons. The van der Waals surface area contributed by atoms with Gasteiger partial charge in [0.15, 0.2) is 0 Å². The Balaban J connectivity index is 2.28. The SMILES string of the molecule is CC(N)CCN(C)c1nccc2ccccc12. The monoisotopic (exact) mass is 229 g/mol. The summed E-state index contributed by atoms with van der Waals surface area (Å²) < 4.78 is 0. The van der Waals surface area contributed by atoms with Crippen molar-refractivity contribution in [2.75, 3.05) is 18.5 Å². The van der Waals surface area contributed by atoms with E-state index in [9.17, 15) is 0 Å². The van der Waals surface area contributed by atoms with Crippen molar-refractivity contribution in [2.45, 2.75) is 19.4 Å². The van der Waals surface area contributed by atoms with E-state index < -0.39 is 0 Å². The first-order valence-corrected chi connectivity index (χ1v) is 5.99. The Morgan fingerprint density at radius 1 is 1.29 bits per heavy atom. The third kappa shape index (κ3) is 2.74. The molecule has 0 fully saturated rings. The number of nitrogens with zero attached hydrogens (tertiary/aromatic N) is 2. The molecule has 2 N–H and O–H groups in total. The molecule has 0 aliphatic heterocycles. The van der Waals surface area contributed by atoms with Gasteiger partial charge in [0.05, 0.1) is 0 Å². The molecule has 3 heteroatoms. The molecule has 3 nitrogen and oxygen atoms in total. The van der Waals surface area contributed by atoms with E-state index in [-0.39, 0.29) is 6.04 Å². The standard InChI is InChI=1S/C14H19N3/c1-11(15)8-10-17(2)14-13-6-4-3-5-12(13)7-9-16-14/h3-7,9,11H,8,10,15H2,1-2H3. The maximum Gasteiger partial charge on any atom is 0.136 e. The minimum Gasteiger partial charge on any atom is -0.359 e. The second kappa shape index (κ2) is 5.15. The van der Waals surface area contributed by atoms with E-state index in [1.165, 1.54) is 10.8 Å². The summed E-state index contributed by atoms with van der Waals surface area (Å²) in [6.07, 6.45) is 2.83. The largest absolute Gasteiger partial charge is 0.359 e. The molecule has 0 bridgehead atoms. The van der Waals surface area contributed by atoms with Crippen LogP contribution in [0.25, 0.3) is 10.8 Å². The lowest BCUT2D eigenvalue weighted by molar-refractivity contribution is 0.657. The highest BCUT2D eigenvalue weighted by Crippen LogP contribution is 2.23. The van der Waals surface area contributed by atoms with Crippen molar-refractivity contribution in [1.82, 2.24) is 4.98 Å². The summed E-state index contributed by atoms with van der Waals surface area (Å²) >= 11 is 0. The van der Waals surface area contributed by atoms with Gasteiger partial charge < -0.3 is 10.6 Å². The molecule has 2 aromatic rings. The van der Waals surface area contributed by atoms with Crippen LogP contribution in [0, 0.1) is 0 Å². The zero-order valence-electron chi connectivity index (χ0n) is 10.4. The molecule has 1 aromatic heterocycles. The van der Waals surface area contributed by atoms with Gasteiger partial charge >= 0.3 is 0 Å². The Labute approximate surface area is 102 Å². The van der Waals surface area contributed by atoms with Crippen LogP contribution in [0.15, 0.2) is 36.5 Å². The number of nitrogens with two attached hydrogens (primary N) is 1. The van der Waals surface area contributed by atoms with Crippen molar-refractivity contribution < 1.29 is 0 Å². The molecule has 0 radical (unpaired) electrons. The lowest BCUT2D eigenvalue weighted by Gasteiger charge is -2.20. The number of anilines is 1. The van der Waals surface area contributed by atoms with Crippen molar-refractivity contribution in [3.05, 3.63) is 36.5 Å². The van der Waals surface area contributed by atoms with Crippen LogP contribution in [0.1, 0.15) is 13.3 Å². The van der Waals surface area contributed by atoms with Crippen LogP contribution in [-0.4, -0.2) is 24.6 Å². The third-order valence-corrected chi connectivity index (χ3v) is 2.93. The Morgan fingerprint density at radius 3 is 2.82 bits per heavy atom. The number of aromatic nitrogens is 1. The zero-order valence-corrected chi connectivity index (χ0v) is 10.4. The summed E-state index contributed by atoms with van der Waals surface area (Å²) in [6.45, 7) is 2.96. The van der Waals surface area contributed by atoms with Gasteiger partial charge in [-0.05, 0) is 24.8 Å². The fraction of sp³-hybridized carbons (Fsp3) is 0.357. The van der Waals surface area contributed by atoms with E-state index in [4.69, 9.17) is 5.73 Å².